The van der Waals surface area contributed by atoms with Crippen molar-refractivity contribution in [1.82, 2.24) is 0 Å². The van der Waals surface area contributed by atoms with Crippen molar-refractivity contribution in [2.45, 2.75) is 32.1 Å². The number of ether oxygens (including phenoxy) is 1. The highest BCUT2D eigenvalue weighted by Crippen LogP contribution is 2.29. The molecular weight excluding hydrogens is 376 g/mol. The molecule has 30 heavy (non-hydrogen) atoms. The number of hydrogen-bond acceptors (Lipinski definition) is 3. The maximum atomic E-state index is 13.1. The van der Waals surface area contributed by atoms with Gasteiger partial charge < -0.3 is 10.1 Å². The highest BCUT2D eigenvalue weighted by Gasteiger charge is 2.19. The van der Waals surface area contributed by atoms with E-state index in [9.17, 15) is 9.59 Å². The summed E-state index contributed by atoms with van der Waals surface area (Å²) in [5.74, 6) is -0.763. The summed E-state index contributed by atoms with van der Waals surface area (Å²) in [5, 5.41) is 5.14. The number of fused-ring (bicyclic) bond motifs is 1. The molecule has 0 saturated heterocycles. The first-order valence-electron chi connectivity index (χ1n) is 9.89. The molecule has 0 heterocycles. The Labute approximate surface area is 176 Å². The number of esters is 1. The van der Waals surface area contributed by atoms with Crippen molar-refractivity contribution in [3.63, 3.8) is 0 Å². The fourth-order valence-electron chi connectivity index (χ4n) is 3.50. The predicted molar refractivity (Wildman–Crippen MR) is 119 cm³/mol. The van der Waals surface area contributed by atoms with E-state index in [4.69, 9.17) is 6.57 Å². The number of aryl methyl sites for hydroxylation is 1. The molecule has 1 unspecified atom stereocenters. The van der Waals surface area contributed by atoms with Crippen LogP contribution in [0.3, 0.4) is 0 Å². The molecule has 0 spiro atoms. The first kappa shape index (κ1) is 21.1. The molecule has 1 amide bonds. The van der Waals surface area contributed by atoms with Crippen LogP contribution in [0.4, 0.5) is 11.4 Å². The SMILES string of the molecule is [C-]#[N+]c1ccc(CCCC(=O)OC)c(NC(=O)C(C)c2cccc3ccccc23)c1. The zero-order valence-corrected chi connectivity index (χ0v) is 17.1. The predicted octanol–water partition coefficient (Wildman–Crippen LogP) is 5.63. The van der Waals surface area contributed by atoms with Gasteiger partial charge in [-0.05, 0) is 47.7 Å². The number of carbonyl (C=O) groups is 2. The minimum Gasteiger partial charge on any atom is -0.469 e. The Balaban J connectivity index is 1.82. The normalized spacial score (nSPS) is 11.5. The van der Waals surface area contributed by atoms with Crippen molar-refractivity contribution in [1.29, 1.82) is 0 Å². The van der Waals surface area contributed by atoms with Crippen LogP contribution in [0, 0.1) is 6.57 Å². The molecule has 0 aromatic heterocycles. The highest BCUT2D eigenvalue weighted by atomic mass is 16.5. The second-order valence-electron chi connectivity index (χ2n) is 7.16. The largest absolute Gasteiger partial charge is 0.469 e. The van der Waals surface area contributed by atoms with E-state index in [0.717, 1.165) is 21.9 Å². The van der Waals surface area contributed by atoms with Gasteiger partial charge in [-0.25, -0.2) is 4.85 Å². The third-order valence-electron chi connectivity index (χ3n) is 5.22. The Morgan fingerprint density at radius 3 is 2.63 bits per heavy atom. The van der Waals surface area contributed by atoms with Gasteiger partial charge in [0.15, 0.2) is 5.69 Å². The highest BCUT2D eigenvalue weighted by molar-refractivity contribution is 6.00. The lowest BCUT2D eigenvalue weighted by Gasteiger charge is -2.17. The van der Waals surface area contributed by atoms with Crippen LogP contribution in [0.25, 0.3) is 15.6 Å². The van der Waals surface area contributed by atoms with Crippen LogP contribution in [0.5, 0.6) is 0 Å². The molecule has 0 fully saturated rings. The molecular formula is C25H24N2O3. The number of benzene rings is 3. The van der Waals surface area contributed by atoms with E-state index < -0.39 is 0 Å². The van der Waals surface area contributed by atoms with Crippen molar-refractivity contribution >= 4 is 34.0 Å². The number of anilines is 1. The first-order chi connectivity index (χ1) is 14.5. The van der Waals surface area contributed by atoms with Crippen molar-refractivity contribution in [3.05, 3.63) is 83.2 Å². The molecule has 5 heteroatoms. The van der Waals surface area contributed by atoms with E-state index in [0.29, 0.717) is 30.6 Å². The fraction of sp³-hybridized carbons (Fsp3) is 0.240. The van der Waals surface area contributed by atoms with E-state index >= 15 is 0 Å². The van der Waals surface area contributed by atoms with Gasteiger partial charge in [0, 0.05) is 12.1 Å². The third-order valence-corrected chi connectivity index (χ3v) is 5.22. The second-order valence-corrected chi connectivity index (χ2v) is 7.16. The lowest BCUT2D eigenvalue weighted by atomic mass is 9.94. The summed E-state index contributed by atoms with van der Waals surface area (Å²) in [6, 6.07) is 19.2. The average molecular weight is 400 g/mol. The molecule has 0 aliphatic heterocycles. The lowest BCUT2D eigenvalue weighted by molar-refractivity contribution is -0.140. The van der Waals surface area contributed by atoms with Crippen LogP contribution in [0.1, 0.15) is 36.8 Å². The maximum absolute atomic E-state index is 13.1. The van der Waals surface area contributed by atoms with E-state index in [2.05, 4.69) is 14.9 Å². The number of nitrogens with one attached hydrogen (secondary N) is 1. The van der Waals surface area contributed by atoms with Crippen molar-refractivity contribution < 1.29 is 14.3 Å². The van der Waals surface area contributed by atoms with Gasteiger partial charge in [-0.15, -0.1) is 0 Å². The minimum absolute atomic E-state index is 0.136. The van der Waals surface area contributed by atoms with Crippen molar-refractivity contribution in [2.24, 2.45) is 0 Å². The van der Waals surface area contributed by atoms with Crippen LogP contribution in [-0.4, -0.2) is 19.0 Å². The quantitative estimate of drug-likeness (QED) is 0.413. The Kier molecular flexibility index (Phi) is 6.82. The Hall–Kier alpha value is -3.65. The van der Waals surface area contributed by atoms with Crippen molar-refractivity contribution in [3.8, 4) is 0 Å². The molecule has 3 aromatic rings. The molecule has 0 radical (unpaired) electrons. The van der Waals surface area contributed by atoms with Gasteiger partial charge in [-0.1, -0.05) is 54.6 Å². The van der Waals surface area contributed by atoms with Gasteiger partial charge in [-0.3, -0.25) is 9.59 Å². The molecule has 0 aliphatic carbocycles. The number of carbonyl (C=O) groups excluding carboxylic acids is 2. The molecule has 5 nitrogen and oxygen atoms in total. The summed E-state index contributed by atoms with van der Waals surface area (Å²) < 4.78 is 4.69. The van der Waals surface area contributed by atoms with Gasteiger partial charge in [0.1, 0.15) is 0 Å². The molecule has 3 rings (SSSR count). The number of nitrogens with zero attached hydrogens (tertiary/aromatic N) is 1. The van der Waals surface area contributed by atoms with Crippen LogP contribution in [-0.2, 0) is 20.7 Å². The van der Waals surface area contributed by atoms with E-state index in [-0.39, 0.29) is 17.8 Å². The standard InChI is InChI=1S/C25H24N2O3/c1-17(21-12-6-9-18-8-4-5-11-22(18)21)25(29)27-23-16-20(26-2)15-14-19(23)10-7-13-24(28)30-3/h4-6,8-9,11-12,14-17H,7,10,13H2,1,3H3,(H,27,29). The minimum atomic E-state index is -0.365. The lowest BCUT2D eigenvalue weighted by Crippen LogP contribution is -2.20. The smallest absolute Gasteiger partial charge is 0.305 e. The fourth-order valence-corrected chi connectivity index (χ4v) is 3.50. The summed E-state index contributed by atoms with van der Waals surface area (Å²) in [6.07, 6.45) is 1.51. The van der Waals surface area contributed by atoms with Crippen LogP contribution >= 0.6 is 0 Å². The molecule has 1 atom stereocenters. The topological polar surface area (TPSA) is 59.8 Å². The average Bonchev–Trinajstić information content (AvgIpc) is 2.78. The van der Waals surface area contributed by atoms with Crippen LogP contribution < -0.4 is 5.32 Å². The van der Waals surface area contributed by atoms with Gasteiger partial charge in [-0.2, -0.15) is 0 Å². The van der Waals surface area contributed by atoms with E-state index in [1.54, 1.807) is 12.1 Å². The van der Waals surface area contributed by atoms with E-state index in [1.807, 2.05) is 55.5 Å². The Bertz CT molecular complexity index is 1110. The van der Waals surface area contributed by atoms with Crippen LogP contribution in [0.15, 0.2) is 60.7 Å². The Morgan fingerprint density at radius 2 is 1.87 bits per heavy atom. The van der Waals surface area contributed by atoms with Gasteiger partial charge in [0.05, 0.1) is 19.6 Å². The summed E-state index contributed by atoms with van der Waals surface area (Å²) >= 11 is 0. The molecule has 1 N–H and O–H groups in total. The number of amides is 1. The van der Waals surface area contributed by atoms with Gasteiger partial charge in [0.25, 0.3) is 0 Å². The number of rotatable bonds is 7. The van der Waals surface area contributed by atoms with Crippen molar-refractivity contribution in [2.75, 3.05) is 12.4 Å². The van der Waals surface area contributed by atoms with Crippen LogP contribution in [0.2, 0.25) is 0 Å². The molecule has 0 aliphatic rings. The van der Waals surface area contributed by atoms with E-state index in [1.165, 1.54) is 7.11 Å². The third kappa shape index (κ3) is 4.84. The maximum Gasteiger partial charge on any atom is 0.305 e. The summed E-state index contributed by atoms with van der Waals surface area (Å²) in [5.41, 5.74) is 2.93. The zero-order valence-electron chi connectivity index (χ0n) is 17.1. The second kappa shape index (κ2) is 9.71. The molecule has 3 aromatic carbocycles. The Morgan fingerprint density at radius 1 is 1.10 bits per heavy atom. The summed E-state index contributed by atoms with van der Waals surface area (Å²) in [6.45, 7) is 9.15. The molecule has 0 bridgehead atoms. The zero-order chi connectivity index (χ0) is 21.5. The monoisotopic (exact) mass is 400 g/mol. The van der Waals surface area contributed by atoms with Gasteiger partial charge in [0.2, 0.25) is 5.91 Å². The number of methoxy groups -OCH3 is 1. The van der Waals surface area contributed by atoms with Gasteiger partial charge >= 0.3 is 5.97 Å². The molecule has 152 valence electrons. The summed E-state index contributed by atoms with van der Waals surface area (Å²) in [7, 11) is 1.37. The number of hydrogen-bond donors (Lipinski definition) is 1. The molecule has 0 saturated carbocycles. The first-order valence-corrected chi connectivity index (χ1v) is 9.89. The summed E-state index contributed by atoms with van der Waals surface area (Å²) in [4.78, 5) is 27.9.